The third-order valence-electron chi connectivity index (χ3n) is 2.59. The van der Waals surface area contributed by atoms with Crippen molar-refractivity contribution in [1.29, 1.82) is 0 Å². The van der Waals surface area contributed by atoms with Gasteiger partial charge in [0.2, 0.25) is 0 Å². The van der Waals surface area contributed by atoms with Gasteiger partial charge in [-0.15, -0.1) is 11.3 Å². The van der Waals surface area contributed by atoms with E-state index in [2.05, 4.69) is 57.0 Å². The second-order valence-corrected chi connectivity index (χ2v) is 7.25. The quantitative estimate of drug-likeness (QED) is 0.660. The third-order valence-corrected chi connectivity index (χ3v) is 5.18. The molecule has 1 aromatic heterocycles. The van der Waals surface area contributed by atoms with E-state index in [1.165, 1.54) is 16.0 Å². The summed E-state index contributed by atoms with van der Waals surface area (Å²) in [5, 5.41) is 0. The second kappa shape index (κ2) is 5.55. The molecule has 1 atom stereocenters. The largest absolute Gasteiger partial charge is 0.497 e. The van der Waals surface area contributed by atoms with E-state index < -0.39 is 0 Å². The maximum atomic E-state index is 5.25. The Hall–Kier alpha value is -0.320. The fraction of sp³-hybridized carbons (Fsp3) is 0.231. The number of hydrogen-bond donors (Lipinski definition) is 0. The van der Waals surface area contributed by atoms with Crippen LogP contribution in [-0.2, 0) is 0 Å². The van der Waals surface area contributed by atoms with Crippen LogP contribution in [0.25, 0.3) is 0 Å². The average molecular weight is 376 g/mol. The van der Waals surface area contributed by atoms with Crippen LogP contribution < -0.4 is 4.74 Å². The number of thiophene rings is 1. The predicted molar refractivity (Wildman–Crippen MR) is 80.5 cm³/mol. The lowest BCUT2D eigenvalue weighted by Crippen LogP contribution is -1.93. The Morgan fingerprint density at radius 2 is 2.06 bits per heavy atom. The standard InChI is InChI=1S/C13H12Br2OS/c1-8-11(7-12(14)17-8)13(15)9-4-3-5-10(6-9)16-2/h3-7,13H,1-2H3. The van der Waals surface area contributed by atoms with E-state index in [1.807, 2.05) is 12.1 Å². The molecule has 2 rings (SSSR count). The number of aryl methyl sites for hydroxylation is 1. The van der Waals surface area contributed by atoms with E-state index in [4.69, 9.17) is 4.74 Å². The van der Waals surface area contributed by atoms with Gasteiger partial charge < -0.3 is 4.74 Å². The van der Waals surface area contributed by atoms with Crippen molar-refractivity contribution < 1.29 is 4.74 Å². The van der Waals surface area contributed by atoms with E-state index >= 15 is 0 Å². The van der Waals surface area contributed by atoms with Crippen molar-refractivity contribution in [2.75, 3.05) is 7.11 Å². The highest BCUT2D eigenvalue weighted by molar-refractivity contribution is 9.11. The van der Waals surface area contributed by atoms with Gasteiger partial charge in [0.25, 0.3) is 0 Å². The maximum Gasteiger partial charge on any atom is 0.119 e. The van der Waals surface area contributed by atoms with E-state index in [-0.39, 0.29) is 4.83 Å². The van der Waals surface area contributed by atoms with E-state index in [1.54, 1.807) is 18.4 Å². The van der Waals surface area contributed by atoms with Crippen LogP contribution in [0.4, 0.5) is 0 Å². The first kappa shape index (κ1) is 13.1. The van der Waals surface area contributed by atoms with Crippen molar-refractivity contribution >= 4 is 43.2 Å². The summed E-state index contributed by atoms with van der Waals surface area (Å²) in [4.78, 5) is 1.53. The number of methoxy groups -OCH3 is 1. The molecule has 2 aromatic rings. The SMILES string of the molecule is COc1cccc(C(Br)c2cc(Br)sc2C)c1. The summed E-state index contributed by atoms with van der Waals surface area (Å²) in [6.07, 6.45) is 0. The fourth-order valence-electron chi connectivity index (χ4n) is 1.69. The molecule has 0 radical (unpaired) electrons. The van der Waals surface area contributed by atoms with Crippen LogP contribution >= 0.6 is 43.2 Å². The molecule has 1 aromatic carbocycles. The number of halogens is 2. The molecule has 0 saturated carbocycles. The number of benzene rings is 1. The van der Waals surface area contributed by atoms with Crippen LogP contribution in [0, 0.1) is 6.92 Å². The molecule has 1 heterocycles. The summed E-state index contributed by atoms with van der Waals surface area (Å²) >= 11 is 9.03. The molecule has 0 spiro atoms. The highest BCUT2D eigenvalue weighted by Crippen LogP contribution is 2.39. The van der Waals surface area contributed by atoms with E-state index in [0.29, 0.717) is 0 Å². The van der Waals surface area contributed by atoms with Crippen molar-refractivity contribution in [2.45, 2.75) is 11.8 Å². The lowest BCUT2D eigenvalue weighted by Gasteiger charge is -2.11. The third kappa shape index (κ3) is 2.92. The van der Waals surface area contributed by atoms with Gasteiger partial charge in [-0.05, 0) is 52.2 Å². The summed E-state index contributed by atoms with van der Waals surface area (Å²) in [6, 6.07) is 10.3. The molecule has 0 bridgehead atoms. The summed E-state index contributed by atoms with van der Waals surface area (Å²) in [5.41, 5.74) is 2.51. The molecule has 1 nitrogen and oxygen atoms in total. The van der Waals surface area contributed by atoms with Crippen LogP contribution in [0.15, 0.2) is 34.1 Å². The topological polar surface area (TPSA) is 9.23 Å². The van der Waals surface area contributed by atoms with E-state index in [0.717, 1.165) is 9.54 Å². The van der Waals surface area contributed by atoms with Crippen molar-refractivity contribution in [3.63, 3.8) is 0 Å². The normalized spacial score (nSPS) is 12.5. The Labute approximate surface area is 122 Å². The molecule has 0 aliphatic carbocycles. The first-order chi connectivity index (χ1) is 8.11. The maximum absolute atomic E-state index is 5.25. The summed E-state index contributed by atoms with van der Waals surface area (Å²) < 4.78 is 6.41. The van der Waals surface area contributed by atoms with E-state index in [9.17, 15) is 0 Å². The Bertz CT molecular complexity index is 522. The molecular weight excluding hydrogens is 364 g/mol. The van der Waals surface area contributed by atoms with Crippen LogP contribution in [0.5, 0.6) is 5.75 Å². The Morgan fingerprint density at radius 1 is 1.29 bits per heavy atom. The molecule has 17 heavy (non-hydrogen) atoms. The zero-order valence-corrected chi connectivity index (χ0v) is 13.5. The summed E-state index contributed by atoms with van der Waals surface area (Å²) in [6.45, 7) is 2.14. The molecule has 0 amide bonds. The van der Waals surface area contributed by atoms with Gasteiger partial charge in [0.15, 0.2) is 0 Å². The molecule has 0 N–H and O–H groups in total. The molecule has 1 unspecified atom stereocenters. The minimum Gasteiger partial charge on any atom is -0.497 e. The smallest absolute Gasteiger partial charge is 0.119 e. The minimum atomic E-state index is 0.208. The van der Waals surface area contributed by atoms with Crippen LogP contribution in [0.1, 0.15) is 20.8 Å². The summed E-state index contributed by atoms with van der Waals surface area (Å²) in [7, 11) is 1.69. The first-order valence-electron chi connectivity index (χ1n) is 5.15. The average Bonchev–Trinajstić information content (AvgIpc) is 2.67. The Balaban J connectivity index is 2.36. The van der Waals surface area contributed by atoms with Gasteiger partial charge >= 0.3 is 0 Å². The van der Waals surface area contributed by atoms with Gasteiger partial charge in [-0.25, -0.2) is 0 Å². The van der Waals surface area contributed by atoms with Crippen LogP contribution in [0.2, 0.25) is 0 Å². The monoisotopic (exact) mass is 374 g/mol. The molecule has 4 heteroatoms. The van der Waals surface area contributed by atoms with Gasteiger partial charge in [0.05, 0.1) is 15.7 Å². The predicted octanol–water partition coefficient (Wildman–Crippen LogP) is 5.31. The van der Waals surface area contributed by atoms with Crippen LogP contribution in [0.3, 0.4) is 0 Å². The number of hydrogen-bond acceptors (Lipinski definition) is 2. The number of rotatable bonds is 3. The number of ether oxygens (including phenoxy) is 1. The lowest BCUT2D eigenvalue weighted by atomic mass is 10.1. The van der Waals surface area contributed by atoms with Gasteiger partial charge in [-0.2, -0.15) is 0 Å². The molecular formula is C13H12Br2OS. The van der Waals surface area contributed by atoms with Gasteiger partial charge in [-0.1, -0.05) is 28.1 Å². The fourth-order valence-corrected chi connectivity index (χ4v) is 4.35. The van der Waals surface area contributed by atoms with Gasteiger partial charge in [0, 0.05) is 4.88 Å². The highest BCUT2D eigenvalue weighted by Gasteiger charge is 2.15. The van der Waals surface area contributed by atoms with Crippen LogP contribution in [-0.4, -0.2) is 7.11 Å². The minimum absolute atomic E-state index is 0.208. The summed E-state index contributed by atoms with van der Waals surface area (Å²) in [5.74, 6) is 0.888. The molecule has 0 fully saturated rings. The van der Waals surface area contributed by atoms with Crippen molar-refractivity contribution in [1.82, 2.24) is 0 Å². The molecule has 90 valence electrons. The lowest BCUT2D eigenvalue weighted by molar-refractivity contribution is 0.414. The molecule has 0 aliphatic rings. The van der Waals surface area contributed by atoms with Gasteiger partial charge in [0.1, 0.15) is 5.75 Å². The van der Waals surface area contributed by atoms with Crippen molar-refractivity contribution in [3.8, 4) is 5.75 Å². The Kier molecular flexibility index (Phi) is 4.28. The zero-order chi connectivity index (χ0) is 12.4. The first-order valence-corrected chi connectivity index (χ1v) is 7.68. The Morgan fingerprint density at radius 3 is 2.65 bits per heavy atom. The second-order valence-electron chi connectivity index (χ2n) is 3.70. The highest BCUT2D eigenvalue weighted by atomic mass is 79.9. The molecule has 0 aliphatic heterocycles. The zero-order valence-electron chi connectivity index (χ0n) is 9.54. The molecule has 0 saturated heterocycles. The van der Waals surface area contributed by atoms with Crippen molar-refractivity contribution in [2.24, 2.45) is 0 Å². The van der Waals surface area contributed by atoms with Crippen molar-refractivity contribution in [3.05, 3.63) is 50.1 Å². The van der Waals surface area contributed by atoms with Gasteiger partial charge in [-0.3, -0.25) is 0 Å². The number of alkyl halides is 1.